The maximum Gasteiger partial charge on any atom is 0.258 e. The minimum atomic E-state index is -3.45. The van der Waals surface area contributed by atoms with E-state index in [1.54, 1.807) is 24.5 Å². The molecule has 3 aromatic rings. The molecule has 0 atom stereocenters. The van der Waals surface area contributed by atoms with Crippen LogP contribution >= 0.6 is 0 Å². The predicted octanol–water partition coefficient (Wildman–Crippen LogP) is 2.52. The second kappa shape index (κ2) is 6.04. The Balaban J connectivity index is 2.05. The Labute approximate surface area is 139 Å². The fourth-order valence-electron chi connectivity index (χ4n) is 2.23. The average Bonchev–Trinajstić information content (AvgIpc) is 3.03. The molecule has 2 aromatic heterocycles. The van der Waals surface area contributed by atoms with E-state index in [9.17, 15) is 8.42 Å². The summed E-state index contributed by atoms with van der Waals surface area (Å²) in [6.45, 7) is 1.92. The molecule has 0 radical (unpaired) electrons. The highest BCUT2D eigenvalue weighted by atomic mass is 32.2. The molecule has 0 N–H and O–H groups in total. The van der Waals surface area contributed by atoms with E-state index in [2.05, 4.69) is 15.1 Å². The minimum absolute atomic E-state index is 0.0690. The van der Waals surface area contributed by atoms with Crippen molar-refractivity contribution in [2.24, 2.45) is 0 Å². The molecule has 0 fully saturated rings. The molecule has 0 aliphatic carbocycles. The molecule has 0 aliphatic heterocycles. The lowest BCUT2D eigenvalue weighted by Gasteiger charge is -2.07. The first kappa shape index (κ1) is 16.1. The number of benzene rings is 1. The zero-order valence-electron chi connectivity index (χ0n) is 13.3. The van der Waals surface area contributed by atoms with E-state index in [1.165, 1.54) is 13.2 Å². The number of ether oxygens (including phenoxy) is 1. The van der Waals surface area contributed by atoms with Gasteiger partial charge >= 0.3 is 0 Å². The third kappa shape index (κ3) is 3.13. The Hall–Kier alpha value is -2.74. The van der Waals surface area contributed by atoms with E-state index in [-0.39, 0.29) is 16.5 Å². The molecule has 0 saturated carbocycles. The van der Waals surface area contributed by atoms with Gasteiger partial charge in [0.15, 0.2) is 9.84 Å². The SMILES string of the molecule is COc1ccc(-c2nc(-c3cncc(C)c3)no2)cc1S(C)(=O)=O. The van der Waals surface area contributed by atoms with Crippen LogP contribution in [0.25, 0.3) is 22.8 Å². The molecule has 3 rings (SSSR count). The maximum absolute atomic E-state index is 11.9. The summed E-state index contributed by atoms with van der Waals surface area (Å²) < 4.78 is 34.2. The maximum atomic E-state index is 11.9. The van der Waals surface area contributed by atoms with Gasteiger partial charge in [-0.15, -0.1) is 0 Å². The van der Waals surface area contributed by atoms with Crippen LogP contribution in [-0.4, -0.2) is 36.9 Å². The van der Waals surface area contributed by atoms with E-state index < -0.39 is 9.84 Å². The molecule has 0 spiro atoms. The zero-order valence-corrected chi connectivity index (χ0v) is 14.2. The van der Waals surface area contributed by atoms with Gasteiger partial charge in [0.2, 0.25) is 5.82 Å². The van der Waals surface area contributed by atoms with E-state index in [0.717, 1.165) is 17.4 Å². The Kier molecular flexibility index (Phi) is 4.06. The van der Waals surface area contributed by atoms with Crippen LogP contribution in [0.4, 0.5) is 0 Å². The molecule has 7 nitrogen and oxygen atoms in total. The van der Waals surface area contributed by atoms with E-state index in [1.807, 2.05) is 13.0 Å². The average molecular weight is 345 g/mol. The summed E-state index contributed by atoms with van der Waals surface area (Å²) >= 11 is 0. The van der Waals surface area contributed by atoms with Crippen molar-refractivity contribution in [3.8, 4) is 28.6 Å². The van der Waals surface area contributed by atoms with Gasteiger partial charge < -0.3 is 9.26 Å². The lowest BCUT2D eigenvalue weighted by molar-refractivity contribution is 0.402. The largest absolute Gasteiger partial charge is 0.495 e. The third-order valence-electron chi connectivity index (χ3n) is 3.37. The molecule has 24 heavy (non-hydrogen) atoms. The van der Waals surface area contributed by atoms with Crippen LogP contribution in [0.5, 0.6) is 5.75 Å². The molecule has 0 unspecified atom stereocenters. The number of aromatic nitrogens is 3. The topological polar surface area (TPSA) is 95.2 Å². The van der Waals surface area contributed by atoms with Crippen molar-refractivity contribution >= 4 is 9.84 Å². The molecule has 0 saturated heterocycles. The third-order valence-corrected chi connectivity index (χ3v) is 4.49. The Morgan fingerprint density at radius 3 is 2.58 bits per heavy atom. The van der Waals surface area contributed by atoms with Gasteiger partial charge in [-0.1, -0.05) is 5.16 Å². The molecular formula is C16H15N3O4S. The summed E-state index contributed by atoms with van der Waals surface area (Å²) in [5, 5.41) is 3.93. The van der Waals surface area contributed by atoms with E-state index >= 15 is 0 Å². The number of methoxy groups -OCH3 is 1. The number of aryl methyl sites for hydroxylation is 1. The standard InChI is InChI=1S/C16H15N3O4S/c1-10-6-12(9-17-8-10)15-18-16(23-19-15)11-4-5-13(22-2)14(7-11)24(3,20)21/h4-9H,1-3H3. The van der Waals surface area contributed by atoms with Crippen LogP contribution < -0.4 is 4.74 Å². The number of hydrogen-bond acceptors (Lipinski definition) is 7. The lowest BCUT2D eigenvalue weighted by atomic mass is 10.2. The molecule has 0 aliphatic rings. The highest BCUT2D eigenvalue weighted by Gasteiger charge is 2.18. The first-order chi connectivity index (χ1) is 11.4. The summed E-state index contributed by atoms with van der Waals surface area (Å²) in [6, 6.07) is 6.57. The van der Waals surface area contributed by atoms with Crippen molar-refractivity contribution in [2.75, 3.05) is 13.4 Å². The van der Waals surface area contributed by atoms with Gasteiger partial charge in [-0.2, -0.15) is 4.98 Å². The van der Waals surface area contributed by atoms with Gasteiger partial charge in [-0.05, 0) is 36.8 Å². The number of nitrogens with zero attached hydrogens (tertiary/aromatic N) is 3. The van der Waals surface area contributed by atoms with Crippen LogP contribution in [0.1, 0.15) is 5.56 Å². The van der Waals surface area contributed by atoms with Crippen LogP contribution in [0.15, 0.2) is 46.1 Å². The van der Waals surface area contributed by atoms with Crippen LogP contribution in [-0.2, 0) is 9.84 Å². The van der Waals surface area contributed by atoms with Gasteiger partial charge in [-0.25, -0.2) is 8.42 Å². The normalized spacial score (nSPS) is 11.5. The molecule has 124 valence electrons. The summed E-state index contributed by atoms with van der Waals surface area (Å²) in [5.74, 6) is 0.876. The predicted molar refractivity (Wildman–Crippen MR) is 87.4 cm³/mol. The quantitative estimate of drug-likeness (QED) is 0.717. The van der Waals surface area contributed by atoms with Crippen LogP contribution in [0.3, 0.4) is 0 Å². The fraction of sp³-hybridized carbons (Fsp3) is 0.188. The Morgan fingerprint density at radius 2 is 1.92 bits per heavy atom. The molecule has 1 aromatic carbocycles. The van der Waals surface area contributed by atoms with Gasteiger partial charge in [0.05, 0.1) is 7.11 Å². The smallest absolute Gasteiger partial charge is 0.258 e. The summed E-state index contributed by atoms with van der Waals surface area (Å²) in [6.07, 6.45) is 4.48. The second-order valence-electron chi connectivity index (χ2n) is 5.31. The van der Waals surface area contributed by atoms with Crippen molar-refractivity contribution in [2.45, 2.75) is 11.8 Å². The van der Waals surface area contributed by atoms with Gasteiger partial charge in [0, 0.05) is 29.8 Å². The number of pyridine rings is 1. The Morgan fingerprint density at radius 1 is 1.12 bits per heavy atom. The van der Waals surface area contributed by atoms with Crippen LogP contribution in [0.2, 0.25) is 0 Å². The van der Waals surface area contributed by atoms with Gasteiger partial charge in [0.25, 0.3) is 5.89 Å². The second-order valence-corrected chi connectivity index (χ2v) is 7.30. The van der Waals surface area contributed by atoms with Crippen molar-refractivity contribution in [3.05, 3.63) is 42.2 Å². The van der Waals surface area contributed by atoms with E-state index in [0.29, 0.717) is 11.4 Å². The summed E-state index contributed by atoms with van der Waals surface area (Å²) in [7, 11) is -2.04. The number of rotatable bonds is 4. The van der Waals surface area contributed by atoms with E-state index in [4.69, 9.17) is 9.26 Å². The fourth-order valence-corrected chi connectivity index (χ4v) is 3.09. The van der Waals surface area contributed by atoms with Crippen molar-refractivity contribution in [1.29, 1.82) is 0 Å². The first-order valence-corrected chi connectivity index (χ1v) is 8.92. The monoisotopic (exact) mass is 345 g/mol. The number of hydrogen-bond donors (Lipinski definition) is 0. The Bertz CT molecular complexity index is 996. The van der Waals surface area contributed by atoms with Gasteiger partial charge in [-0.3, -0.25) is 4.98 Å². The zero-order chi connectivity index (χ0) is 17.3. The first-order valence-electron chi connectivity index (χ1n) is 7.02. The molecule has 2 heterocycles. The number of sulfone groups is 1. The summed E-state index contributed by atoms with van der Waals surface area (Å²) in [4.78, 5) is 8.48. The van der Waals surface area contributed by atoms with Gasteiger partial charge in [0.1, 0.15) is 10.6 Å². The van der Waals surface area contributed by atoms with Crippen molar-refractivity contribution in [3.63, 3.8) is 0 Å². The molecule has 0 amide bonds. The van der Waals surface area contributed by atoms with Crippen molar-refractivity contribution < 1.29 is 17.7 Å². The molecular weight excluding hydrogens is 330 g/mol. The molecule has 0 bridgehead atoms. The lowest BCUT2D eigenvalue weighted by Crippen LogP contribution is -2.01. The molecule has 8 heteroatoms. The summed E-state index contributed by atoms with van der Waals surface area (Å²) in [5.41, 5.74) is 2.19. The minimum Gasteiger partial charge on any atom is -0.495 e. The van der Waals surface area contributed by atoms with Crippen LogP contribution in [0, 0.1) is 6.92 Å². The highest BCUT2D eigenvalue weighted by molar-refractivity contribution is 7.90. The van der Waals surface area contributed by atoms with Crippen molar-refractivity contribution in [1.82, 2.24) is 15.1 Å². The highest BCUT2D eigenvalue weighted by Crippen LogP contribution is 2.30.